The van der Waals surface area contributed by atoms with Gasteiger partial charge in [-0.05, 0) is 49.1 Å². The number of nitrogens with zero attached hydrogens (tertiary/aromatic N) is 2. The Bertz CT molecular complexity index is 1040. The minimum Gasteiger partial charge on any atom is -0.382 e. The van der Waals surface area contributed by atoms with E-state index < -0.39 is 7.60 Å². The van der Waals surface area contributed by atoms with Crippen molar-refractivity contribution in [3.8, 4) is 0 Å². The number of hydrogen-bond acceptors (Lipinski definition) is 5. The van der Waals surface area contributed by atoms with Crippen LogP contribution in [0.5, 0.6) is 0 Å². The first-order chi connectivity index (χ1) is 13.4. The summed E-state index contributed by atoms with van der Waals surface area (Å²) in [6.45, 7) is 0.372. The molecule has 5 N–H and O–H groups in total. The largest absolute Gasteiger partial charge is 0.382 e. The maximum Gasteiger partial charge on any atom is 0.325 e. The van der Waals surface area contributed by atoms with Crippen molar-refractivity contribution in [3.05, 3.63) is 23.5 Å². The fraction of sp³-hybridized carbons (Fsp3) is 0.444. The maximum absolute atomic E-state index is 11.0. The van der Waals surface area contributed by atoms with Gasteiger partial charge in [0, 0.05) is 29.2 Å². The third-order valence-electron chi connectivity index (χ3n) is 5.06. The van der Waals surface area contributed by atoms with Crippen molar-refractivity contribution in [3.63, 3.8) is 0 Å². The average Bonchev–Trinajstić information content (AvgIpc) is 3.26. The van der Waals surface area contributed by atoms with Crippen LogP contribution in [0.4, 0.5) is 11.5 Å². The zero-order chi connectivity index (χ0) is 19.7. The third kappa shape index (κ3) is 4.41. The summed E-state index contributed by atoms with van der Waals surface area (Å²) in [4.78, 5) is 29.9. The van der Waals surface area contributed by atoms with Gasteiger partial charge in [0.05, 0.1) is 6.16 Å². The Labute approximate surface area is 167 Å². The van der Waals surface area contributed by atoms with E-state index in [1.54, 1.807) is 0 Å². The number of hydrogen-bond donors (Lipinski definition) is 5. The molecule has 0 bridgehead atoms. The normalized spacial score (nSPS) is 15.5. The third-order valence-corrected chi connectivity index (χ3v) is 6.13. The molecule has 1 aliphatic rings. The molecule has 0 unspecified atom stereocenters. The van der Waals surface area contributed by atoms with Gasteiger partial charge in [0.15, 0.2) is 5.82 Å². The van der Waals surface area contributed by atoms with Crippen LogP contribution in [0.25, 0.3) is 21.9 Å². The molecule has 8 nitrogen and oxygen atoms in total. The lowest BCUT2D eigenvalue weighted by atomic mass is 10.2. The number of aromatic amines is 1. The summed E-state index contributed by atoms with van der Waals surface area (Å²) in [6.07, 6.45) is 5.08. The van der Waals surface area contributed by atoms with Gasteiger partial charge in [0.1, 0.15) is 11.0 Å². The van der Waals surface area contributed by atoms with Crippen LogP contribution < -0.4 is 10.6 Å². The Morgan fingerprint density at radius 2 is 2.04 bits per heavy atom. The van der Waals surface area contributed by atoms with Crippen LogP contribution in [-0.2, 0) is 4.57 Å². The molecule has 28 heavy (non-hydrogen) atoms. The van der Waals surface area contributed by atoms with E-state index in [0.717, 1.165) is 27.6 Å². The minimum atomic E-state index is -4.00. The number of nitrogens with one attached hydrogen (secondary N) is 3. The molecule has 0 radical (unpaired) electrons. The molecule has 150 valence electrons. The Hall–Kier alpha value is -1.86. The van der Waals surface area contributed by atoms with E-state index in [1.165, 1.54) is 25.7 Å². The molecule has 0 amide bonds. The summed E-state index contributed by atoms with van der Waals surface area (Å²) in [6, 6.07) is 6.66. The highest BCUT2D eigenvalue weighted by Gasteiger charge is 2.17. The molecule has 1 saturated carbocycles. The monoisotopic (exact) mass is 423 g/mol. The Kier molecular flexibility index (Phi) is 5.47. The molecule has 1 aromatic carbocycles. The first kappa shape index (κ1) is 19.5. The highest BCUT2D eigenvalue weighted by Crippen LogP contribution is 2.35. The second-order valence-electron chi connectivity index (χ2n) is 7.24. The lowest BCUT2D eigenvalue weighted by molar-refractivity contribution is 0.372. The number of H-pyrrole nitrogens is 1. The van der Waals surface area contributed by atoms with Gasteiger partial charge in [-0.3, -0.25) is 4.57 Å². The topological polar surface area (TPSA) is 123 Å². The molecule has 0 atom stereocenters. The SMILES string of the molecule is O=P(O)(O)CCCNc1nc(Cl)nc2c1[nH]c1ccc(NC3CCCC3)cc12. The van der Waals surface area contributed by atoms with Crippen molar-refractivity contribution in [1.29, 1.82) is 0 Å². The molecule has 0 spiro atoms. The van der Waals surface area contributed by atoms with Crippen molar-refractivity contribution >= 4 is 52.6 Å². The van der Waals surface area contributed by atoms with Crippen molar-refractivity contribution in [1.82, 2.24) is 15.0 Å². The van der Waals surface area contributed by atoms with Crippen molar-refractivity contribution < 1.29 is 14.4 Å². The van der Waals surface area contributed by atoms with Crippen LogP contribution in [0.1, 0.15) is 32.1 Å². The molecular formula is C18H23ClN5O3P. The second kappa shape index (κ2) is 7.87. The summed E-state index contributed by atoms with van der Waals surface area (Å²) in [5, 5.41) is 7.79. The van der Waals surface area contributed by atoms with Crippen LogP contribution in [0.2, 0.25) is 5.28 Å². The fourth-order valence-electron chi connectivity index (χ4n) is 3.75. The van der Waals surface area contributed by atoms with E-state index in [2.05, 4.69) is 37.7 Å². The first-order valence-electron chi connectivity index (χ1n) is 9.43. The quantitative estimate of drug-likeness (QED) is 0.220. The number of halogens is 1. The van der Waals surface area contributed by atoms with E-state index >= 15 is 0 Å². The Morgan fingerprint density at radius 1 is 1.25 bits per heavy atom. The van der Waals surface area contributed by atoms with Crippen molar-refractivity contribution in [2.24, 2.45) is 0 Å². The lowest BCUT2D eigenvalue weighted by Gasteiger charge is -2.13. The highest BCUT2D eigenvalue weighted by atomic mass is 35.5. The summed E-state index contributed by atoms with van der Waals surface area (Å²) in [7, 11) is -4.00. The standard InChI is InChI=1S/C18H23ClN5O3P/c19-18-23-15-13-10-12(21-11-4-1-2-5-11)6-7-14(13)22-16(15)17(24-18)20-8-3-9-28(25,26)27/h6-7,10-11,21-22H,1-5,8-9H2,(H,20,23,24)(H2,25,26,27). The van der Waals surface area contributed by atoms with E-state index in [4.69, 9.17) is 21.4 Å². The lowest BCUT2D eigenvalue weighted by Crippen LogP contribution is -2.14. The van der Waals surface area contributed by atoms with E-state index in [0.29, 0.717) is 24.8 Å². The van der Waals surface area contributed by atoms with Crippen molar-refractivity contribution in [2.45, 2.75) is 38.1 Å². The van der Waals surface area contributed by atoms with E-state index in [9.17, 15) is 4.57 Å². The van der Waals surface area contributed by atoms with E-state index in [-0.39, 0.29) is 11.4 Å². The minimum absolute atomic E-state index is 0.125. The van der Waals surface area contributed by atoms with Crippen LogP contribution >= 0.6 is 19.2 Å². The summed E-state index contributed by atoms with van der Waals surface area (Å²) < 4.78 is 11.0. The number of rotatable bonds is 7. The predicted octanol–water partition coefficient (Wildman–Crippen LogP) is 4.10. The molecule has 2 aromatic heterocycles. The average molecular weight is 424 g/mol. The summed E-state index contributed by atoms with van der Waals surface area (Å²) in [5.74, 6) is 0.530. The van der Waals surface area contributed by atoms with Gasteiger partial charge in [-0.1, -0.05) is 12.8 Å². The Morgan fingerprint density at radius 3 is 2.79 bits per heavy atom. The van der Waals surface area contributed by atoms with Gasteiger partial charge in [-0.15, -0.1) is 0 Å². The van der Waals surface area contributed by atoms with Crippen molar-refractivity contribution in [2.75, 3.05) is 23.3 Å². The molecule has 2 heterocycles. The summed E-state index contributed by atoms with van der Waals surface area (Å²) in [5.41, 5.74) is 3.45. The zero-order valence-electron chi connectivity index (χ0n) is 15.3. The van der Waals surface area contributed by atoms with Crippen LogP contribution in [0, 0.1) is 0 Å². The van der Waals surface area contributed by atoms with Gasteiger partial charge in [-0.25, -0.2) is 4.98 Å². The van der Waals surface area contributed by atoms with Crippen LogP contribution in [-0.4, -0.2) is 43.5 Å². The van der Waals surface area contributed by atoms with Gasteiger partial charge in [0.2, 0.25) is 5.28 Å². The van der Waals surface area contributed by atoms with E-state index in [1.807, 2.05) is 6.07 Å². The molecule has 0 aliphatic heterocycles. The highest BCUT2D eigenvalue weighted by molar-refractivity contribution is 7.51. The number of anilines is 2. The molecule has 4 rings (SSSR count). The first-order valence-corrected chi connectivity index (χ1v) is 11.6. The Balaban J connectivity index is 1.61. The molecule has 0 saturated heterocycles. The summed E-state index contributed by atoms with van der Waals surface area (Å²) >= 11 is 6.13. The molecule has 1 aliphatic carbocycles. The van der Waals surface area contributed by atoms with Crippen LogP contribution in [0.15, 0.2) is 18.2 Å². The number of benzene rings is 1. The number of fused-ring (bicyclic) bond motifs is 3. The zero-order valence-corrected chi connectivity index (χ0v) is 16.9. The molecule has 3 aromatic rings. The van der Waals surface area contributed by atoms with Crippen LogP contribution in [0.3, 0.4) is 0 Å². The molecular weight excluding hydrogens is 401 g/mol. The molecule has 10 heteroatoms. The van der Waals surface area contributed by atoms with Gasteiger partial charge < -0.3 is 25.4 Å². The maximum atomic E-state index is 11.0. The molecule has 1 fully saturated rings. The van der Waals surface area contributed by atoms with Gasteiger partial charge in [0.25, 0.3) is 0 Å². The predicted molar refractivity (Wildman–Crippen MR) is 112 cm³/mol. The van der Waals surface area contributed by atoms with Gasteiger partial charge >= 0.3 is 7.60 Å². The van der Waals surface area contributed by atoms with Gasteiger partial charge in [-0.2, -0.15) is 4.98 Å². The number of aromatic nitrogens is 3. The smallest absolute Gasteiger partial charge is 0.325 e. The second-order valence-corrected chi connectivity index (χ2v) is 9.36. The fourth-order valence-corrected chi connectivity index (χ4v) is 4.49.